The van der Waals surface area contributed by atoms with Crippen molar-refractivity contribution in [3.8, 4) is 0 Å². The van der Waals surface area contributed by atoms with E-state index in [1.54, 1.807) is 6.92 Å². The predicted octanol–water partition coefficient (Wildman–Crippen LogP) is 0.380. The Balaban J connectivity index is 3.83. The summed E-state index contributed by atoms with van der Waals surface area (Å²) < 4.78 is 0. The van der Waals surface area contributed by atoms with Gasteiger partial charge in [-0.2, -0.15) is 0 Å². The van der Waals surface area contributed by atoms with E-state index in [0.717, 1.165) is 0 Å². The lowest BCUT2D eigenvalue weighted by molar-refractivity contribution is 1.35. The molecule has 4 heteroatoms. The first-order chi connectivity index (χ1) is 4.16. The quantitative estimate of drug-likeness (QED) is 0.362. The van der Waals surface area contributed by atoms with Crippen LogP contribution in [0.1, 0.15) is 13.3 Å². The van der Waals surface area contributed by atoms with Crippen molar-refractivity contribution >= 4 is 17.9 Å². The molecule has 0 atom stereocenters. The van der Waals surface area contributed by atoms with E-state index in [-0.39, 0.29) is 5.96 Å². The van der Waals surface area contributed by atoms with Gasteiger partial charge in [0.15, 0.2) is 0 Å². The second kappa shape index (κ2) is 3.77. The van der Waals surface area contributed by atoms with Crippen LogP contribution in [0, 0.1) is 10.8 Å². The molecule has 0 aromatic rings. The van der Waals surface area contributed by atoms with Crippen LogP contribution < -0.4 is 5.73 Å². The molecule has 0 bridgehead atoms. The second-order valence-electron chi connectivity index (χ2n) is 1.64. The maximum absolute atomic E-state index is 6.72. The van der Waals surface area contributed by atoms with E-state index in [1.165, 1.54) is 6.21 Å². The molecule has 0 saturated carbocycles. The minimum atomic E-state index is -0.200. The van der Waals surface area contributed by atoms with Crippen LogP contribution in [0.4, 0.5) is 0 Å². The highest BCUT2D eigenvalue weighted by molar-refractivity contribution is 5.99. The molecule has 4 N–H and O–H groups in total. The van der Waals surface area contributed by atoms with E-state index < -0.39 is 0 Å². The maximum Gasteiger partial charge on any atom is 0.212 e. The van der Waals surface area contributed by atoms with Crippen LogP contribution in [-0.2, 0) is 0 Å². The smallest absolute Gasteiger partial charge is 0.212 e. The molecular formula is C5H10N4. The number of aliphatic imine (C=N–C) groups is 1. The van der Waals surface area contributed by atoms with Crippen molar-refractivity contribution in [3.05, 3.63) is 0 Å². The molecule has 0 amide bonds. The summed E-state index contributed by atoms with van der Waals surface area (Å²) >= 11 is 0. The number of hydrogen-bond donors (Lipinski definition) is 3. The molecule has 50 valence electrons. The van der Waals surface area contributed by atoms with Crippen LogP contribution in [0.25, 0.3) is 0 Å². The van der Waals surface area contributed by atoms with Gasteiger partial charge in [-0.25, -0.2) is 4.99 Å². The van der Waals surface area contributed by atoms with Crippen molar-refractivity contribution in [2.75, 3.05) is 0 Å². The molecule has 0 aromatic carbocycles. The van der Waals surface area contributed by atoms with Crippen LogP contribution >= 0.6 is 0 Å². The Morgan fingerprint density at radius 3 is 2.67 bits per heavy atom. The zero-order valence-electron chi connectivity index (χ0n) is 5.31. The molecule has 4 nitrogen and oxygen atoms in total. The summed E-state index contributed by atoms with van der Waals surface area (Å²) in [6.45, 7) is 1.73. The molecule has 0 aliphatic rings. The van der Waals surface area contributed by atoms with Gasteiger partial charge in [-0.3, -0.25) is 5.41 Å². The molecule has 0 saturated heterocycles. The molecule has 0 fully saturated rings. The van der Waals surface area contributed by atoms with Crippen molar-refractivity contribution in [1.29, 1.82) is 10.8 Å². The predicted molar refractivity (Wildman–Crippen MR) is 38.4 cm³/mol. The zero-order chi connectivity index (χ0) is 7.28. The van der Waals surface area contributed by atoms with Crippen LogP contribution in [0.3, 0.4) is 0 Å². The van der Waals surface area contributed by atoms with Gasteiger partial charge in [-0.1, -0.05) is 0 Å². The highest BCUT2D eigenvalue weighted by Gasteiger charge is 1.86. The van der Waals surface area contributed by atoms with Crippen molar-refractivity contribution in [2.24, 2.45) is 10.7 Å². The van der Waals surface area contributed by atoms with E-state index in [4.69, 9.17) is 16.6 Å². The molecule has 0 heterocycles. The summed E-state index contributed by atoms with van der Waals surface area (Å²) in [5, 5.41) is 13.4. The van der Waals surface area contributed by atoms with Gasteiger partial charge in [0.2, 0.25) is 5.96 Å². The molecule has 0 aliphatic heterocycles. The molecule has 0 spiro atoms. The van der Waals surface area contributed by atoms with E-state index >= 15 is 0 Å². The Bertz CT molecular complexity index is 147. The summed E-state index contributed by atoms with van der Waals surface area (Å²) in [6, 6.07) is 0. The molecule has 0 rings (SSSR count). The highest BCUT2D eigenvalue weighted by Crippen LogP contribution is 1.80. The van der Waals surface area contributed by atoms with E-state index in [9.17, 15) is 0 Å². The minimum Gasteiger partial charge on any atom is -0.368 e. The average molecular weight is 126 g/mol. The Labute approximate surface area is 53.8 Å². The fraction of sp³-hybridized carbons (Fsp3) is 0.400. The van der Waals surface area contributed by atoms with E-state index in [2.05, 4.69) is 4.99 Å². The van der Waals surface area contributed by atoms with Gasteiger partial charge in [0.05, 0.1) is 0 Å². The van der Waals surface area contributed by atoms with Gasteiger partial charge < -0.3 is 11.1 Å². The van der Waals surface area contributed by atoms with Crippen LogP contribution in [0.5, 0.6) is 0 Å². The Morgan fingerprint density at radius 1 is 1.78 bits per heavy atom. The van der Waals surface area contributed by atoms with Crippen LogP contribution in [0.15, 0.2) is 4.99 Å². The van der Waals surface area contributed by atoms with Gasteiger partial charge in [0.1, 0.15) is 0 Å². The molecule has 9 heavy (non-hydrogen) atoms. The van der Waals surface area contributed by atoms with Gasteiger partial charge >= 0.3 is 0 Å². The molecule has 0 radical (unpaired) electrons. The first-order valence-electron chi connectivity index (χ1n) is 2.54. The van der Waals surface area contributed by atoms with Crippen LogP contribution in [-0.4, -0.2) is 17.9 Å². The third kappa shape index (κ3) is 4.67. The van der Waals surface area contributed by atoms with Crippen LogP contribution in [0.2, 0.25) is 0 Å². The van der Waals surface area contributed by atoms with Crippen molar-refractivity contribution in [3.63, 3.8) is 0 Å². The normalized spacial score (nSPS) is 11.0. The fourth-order valence-electron chi connectivity index (χ4n) is 0.399. The first kappa shape index (κ1) is 7.81. The Morgan fingerprint density at radius 2 is 2.33 bits per heavy atom. The zero-order valence-corrected chi connectivity index (χ0v) is 5.31. The fourth-order valence-corrected chi connectivity index (χ4v) is 0.399. The maximum atomic E-state index is 6.72. The largest absolute Gasteiger partial charge is 0.368 e. The third-order valence-corrected chi connectivity index (χ3v) is 0.709. The standard InChI is InChI=1S/C5H10N4/c1-4(2-3-6)9-5(7)8/h3,6H,2H2,1H3,(H3,7,8). The van der Waals surface area contributed by atoms with Gasteiger partial charge in [-0.15, -0.1) is 0 Å². The van der Waals surface area contributed by atoms with Gasteiger partial charge in [0, 0.05) is 18.3 Å². The molecule has 0 aliphatic carbocycles. The molecule has 0 unspecified atom stereocenters. The lowest BCUT2D eigenvalue weighted by Gasteiger charge is -1.90. The Hall–Kier alpha value is -1.19. The van der Waals surface area contributed by atoms with Gasteiger partial charge in [0.25, 0.3) is 0 Å². The number of guanidine groups is 1. The number of nitrogens with one attached hydrogen (secondary N) is 2. The van der Waals surface area contributed by atoms with Crippen molar-refractivity contribution < 1.29 is 0 Å². The summed E-state index contributed by atoms with van der Waals surface area (Å²) in [7, 11) is 0. The molecule has 0 aromatic heterocycles. The summed E-state index contributed by atoms with van der Waals surface area (Å²) in [5.74, 6) is -0.200. The summed E-state index contributed by atoms with van der Waals surface area (Å²) in [5.41, 5.74) is 5.64. The minimum absolute atomic E-state index is 0.200. The Kier molecular flexibility index (Phi) is 3.27. The summed E-state index contributed by atoms with van der Waals surface area (Å²) in [6.07, 6.45) is 1.70. The van der Waals surface area contributed by atoms with E-state index in [0.29, 0.717) is 12.1 Å². The highest BCUT2D eigenvalue weighted by atomic mass is 15.0. The number of rotatable bonds is 2. The number of nitrogens with two attached hydrogens (primary N) is 1. The SMILES string of the molecule is CC(CC=N)=NC(=N)N. The number of nitrogens with zero attached hydrogens (tertiary/aromatic N) is 1. The average Bonchev–Trinajstić information content (AvgIpc) is 1.63. The monoisotopic (exact) mass is 126 g/mol. The topological polar surface area (TPSA) is 86.1 Å². The third-order valence-electron chi connectivity index (χ3n) is 0.709. The lowest BCUT2D eigenvalue weighted by atomic mass is 10.3. The molecular weight excluding hydrogens is 116 g/mol. The van der Waals surface area contributed by atoms with E-state index in [1.807, 2.05) is 0 Å². The van der Waals surface area contributed by atoms with Crippen molar-refractivity contribution in [1.82, 2.24) is 0 Å². The van der Waals surface area contributed by atoms with Crippen molar-refractivity contribution in [2.45, 2.75) is 13.3 Å². The lowest BCUT2D eigenvalue weighted by Crippen LogP contribution is -2.08. The number of hydrogen-bond acceptors (Lipinski definition) is 2. The van der Waals surface area contributed by atoms with Gasteiger partial charge in [-0.05, 0) is 6.92 Å². The second-order valence-corrected chi connectivity index (χ2v) is 1.64. The summed E-state index contributed by atoms with van der Waals surface area (Å²) in [4.78, 5) is 3.59. The first-order valence-corrected chi connectivity index (χ1v) is 2.54.